The van der Waals surface area contributed by atoms with E-state index in [1.54, 1.807) is 0 Å². The van der Waals surface area contributed by atoms with Gasteiger partial charge >= 0.3 is 0 Å². The molecule has 0 saturated carbocycles. The van der Waals surface area contributed by atoms with E-state index in [9.17, 15) is 4.79 Å². The standard InChI is InChI=1S/C19H26N4O/c1-14(2)10-17-11-18(22-21-17)19(24)20-16-8-9-23(13-16)12-15-6-4-3-5-7-15/h3-7,11,14,16H,8-10,12-13H2,1-2H3,(H,20,24)(H,21,22). The lowest BCUT2D eigenvalue weighted by molar-refractivity contribution is 0.0932. The van der Waals surface area contributed by atoms with E-state index in [4.69, 9.17) is 0 Å². The Kier molecular flexibility index (Phi) is 5.30. The van der Waals surface area contributed by atoms with Gasteiger partial charge in [0.1, 0.15) is 5.69 Å². The lowest BCUT2D eigenvalue weighted by atomic mass is 10.1. The summed E-state index contributed by atoms with van der Waals surface area (Å²) in [6, 6.07) is 12.5. The normalized spacial score (nSPS) is 18.2. The fourth-order valence-corrected chi connectivity index (χ4v) is 3.22. The third-order valence-corrected chi connectivity index (χ3v) is 4.35. The molecule has 1 unspecified atom stereocenters. The van der Waals surface area contributed by atoms with Crippen molar-refractivity contribution < 1.29 is 4.79 Å². The van der Waals surface area contributed by atoms with Crippen molar-refractivity contribution in [1.29, 1.82) is 0 Å². The van der Waals surface area contributed by atoms with Crippen molar-refractivity contribution >= 4 is 5.91 Å². The number of hydrogen-bond donors (Lipinski definition) is 2. The zero-order valence-electron chi connectivity index (χ0n) is 14.5. The van der Waals surface area contributed by atoms with Crippen molar-refractivity contribution in [1.82, 2.24) is 20.4 Å². The minimum absolute atomic E-state index is 0.0761. The number of aromatic amines is 1. The van der Waals surface area contributed by atoms with E-state index < -0.39 is 0 Å². The molecule has 0 aliphatic carbocycles. The number of benzene rings is 1. The number of likely N-dealkylation sites (tertiary alicyclic amines) is 1. The first-order valence-electron chi connectivity index (χ1n) is 8.71. The van der Waals surface area contributed by atoms with Crippen molar-refractivity contribution in [2.45, 2.75) is 39.3 Å². The topological polar surface area (TPSA) is 61.0 Å². The highest BCUT2D eigenvalue weighted by molar-refractivity contribution is 5.92. The summed E-state index contributed by atoms with van der Waals surface area (Å²) in [6.07, 6.45) is 1.90. The summed E-state index contributed by atoms with van der Waals surface area (Å²) in [7, 11) is 0. The van der Waals surface area contributed by atoms with E-state index in [1.165, 1.54) is 5.56 Å². The van der Waals surface area contributed by atoms with Crippen molar-refractivity contribution in [2.75, 3.05) is 13.1 Å². The number of rotatable bonds is 6. The maximum Gasteiger partial charge on any atom is 0.272 e. The average molecular weight is 326 g/mol. The molecule has 1 fully saturated rings. The van der Waals surface area contributed by atoms with Gasteiger partial charge in [0.15, 0.2) is 0 Å². The van der Waals surface area contributed by atoms with Gasteiger partial charge in [-0.25, -0.2) is 0 Å². The molecule has 1 saturated heterocycles. The Bertz CT molecular complexity index is 665. The zero-order valence-corrected chi connectivity index (χ0v) is 14.5. The van der Waals surface area contributed by atoms with Crippen molar-refractivity contribution in [2.24, 2.45) is 5.92 Å². The van der Waals surface area contributed by atoms with Crippen LogP contribution >= 0.6 is 0 Å². The first-order chi connectivity index (χ1) is 11.6. The van der Waals surface area contributed by atoms with Crippen LogP contribution in [-0.4, -0.2) is 40.1 Å². The molecule has 128 valence electrons. The molecular weight excluding hydrogens is 300 g/mol. The van der Waals surface area contributed by atoms with Gasteiger partial charge in [-0.15, -0.1) is 0 Å². The smallest absolute Gasteiger partial charge is 0.272 e. The van der Waals surface area contributed by atoms with Gasteiger partial charge in [-0.2, -0.15) is 5.10 Å². The van der Waals surface area contributed by atoms with Crippen molar-refractivity contribution in [3.63, 3.8) is 0 Å². The van der Waals surface area contributed by atoms with Crippen LogP contribution in [0.3, 0.4) is 0 Å². The van der Waals surface area contributed by atoms with Crippen molar-refractivity contribution in [3.05, 3.63) is 53.3 Å². The molecule has 1 aliphatic rings. The molecule has 3 rings (SSSR count). The molecule has 1 aromatic heterocycles. The fourth-order valence-electron chi connectivity index (χ4n) is 3.22. The molecule has 2 N–H and O–H groups in total. The Morgan fingerprint density at radius 3 is 2.92 bits per heavy atom. The Hall–Kier alpha value is -2.14. The summed E-state index contributed by atoms with van der Waals surface area (Å²) < 4.78 is 0. The van der Waals surface area contributed by atoms with E-state index >= 15 is 0 Å². The molecular formula is C19H26N4O. The summed E-state index contributed by atoms with van der Waals surface area (Å²) in [4.78, 5) is 14.7. The maximum atomic E-state index is 12.4. The zero-order chi connectivity index (χ0) is 16.9. The maximum absolute atomic E-state index is 12.4. The monoisotopic (exact) mass is 326 g/mol. The highest BCUT2D eigenvalue weighted by Crippen LogP contribution is 2.14. The number of hydrogen-bond acceptors (Lipinski definition) is 3. The highest BCUT2D eigenvalue weighted by Gasteiger charge is 2.25. The number of carbonyl (C=O) groups excluding carboxylic acids is 1. The van der Waals surface area contributed by atoms with Gasteiger partial charge in [0.05, 0.1) is 0 Å². The van der Waals surface area contributed by atoms with E-state index in [0.717, 1.165) is 38.2 Å². The number of carbonyl (C=O) groups is 1. The van der Waals surface area contributed by atoms with Crippen LogP contribution in [0.2, 0.25) is 0 Å². The van der Waals surface area contributed by atoms with Gasteiger partial charge in [-0.1, -0.05) is 44.2 Å². The third-order valence-electron chi connectivity index (χ3n) is 4.35. The number of H-pyrrole nitrogens is 1. The van der Waals surface area contributed by atoms with Crippen LogP contribution in [0.5, 0.6) is 0 Å². The molecule has 24 heavy (non-hydrogen) atoms. The number of amides is 1. The van der Waals surface area contributed by atoms with Gasteiger partial charge in [-0.05, 0) is 30.4 Å². The van der Waals surface area contributed by atoms with E-state index in [1.807, 2.05) is 12.1 Å². The summed E-state index contributed by atoms with van der Waals surface area (Å²) in [6.45, 7) is 7.15. The minimum atomic E-state index is -0.0761. The second-order valence-electron chi connectivity index (χ2n) is 7.06. The van der Waals surface area contributed by atoms with Gasteiger partial charge in [0.2, 0.25) is 0 Å². The minimum Gasteiger partial charge on any atom is -0.347 e. The lowest BCUT2D eigenvalue weighted by Gasteiger charge is -2.16. The molecule has 1 atom stereocenters. The van der Waals surface area contributed by atoms with Crippen LogP contribution in [0.1, 0.15) is 42.0 Å². The summed E-state index contributed by atoms with van der Waals surface area (Å²) in [5.74, 6) is 0.468. The quantitative estimate of drug-likeness (QED) is 0.858. The number of nitrogens with zero attached hydrogens (tertiary/aromatic N) is 2. The van der Waals surface area contributed by atoms with Crippen LogP contribution in [0, 0.1) is 5.92 Å². The molecule has 0 radical (unpaired) electrons. The van der Waals surface area contributed by atoms with Gasteiger partial charge in [0, 0.05) is 31.4 Å². The first kappa shape index (κ1) is 16.7. The first-order valence-corrected chi connectivity index (χ1v) is 8.71. The van der Waals surface area contributed by atoms with Gasteiger partial charge in [-0.3, -0.25) is 14.8 Å². The van der Waals surface area contributed by atoms with E-state index in [-0.39, 0.29) is 11.9 Å². The predicted molar refractivity (Wildman–Crippen MR) is 94.7 cm³/mol. The summed E-state index contributed by atoms with van der Waals surface area (Å²) in [5.41, 5.74) is 2.83. The third kappa shape index (κ3) is 4.45. The highest BCUT2D eigenvalue weighted by atomic mass is 16.2. The predicted octanol–water partition coefficient (Wildman–Crippen LogP) is 2.61. The number of aromatic nitrogens is 2. The van der Waals surface area contributed by atoms with E-state index in [2.05, 4.69) is 58.5 Å². The second-order valence-corrected chi connectivity index (χ2v) is 7.06. The SMILES string of the molecule is CC(C)Cc1cc(C(=O)NC2CCN(Cc3ccccc3)C2)n[nH]1. The number of nitrogens with one attached hydrogen (secondary N) is 2. The largest absolute Gasteiger partial charge is 0.347 e. The average Bonchev–Trinajstić information content (AvgIpc) is 3.17. The van der Waals surface area contributed by atoms with Crippen LogP contribution in [-0.2, 0) is 13.0 Å². The Balaban J connectivity index is 1.50. The molecule has 5 nitrogen and oxygen atoms in total. The summed E-state index contributed by atoms with van der Waals surface area (Å²) >= 11 is 0. The second kappa shape index (κ2) is 7.62. The molecule has 0 bridgehead atoms. The molecule has 5 heteroatoms. The lowest BCUT2D eigenvalue weighted by Crippen LogP contribution is -2.37. The fraction of sp³-hybridized carbons (Fsp3) is 0.474. The van der Waals surface area contributed by atoms with Crippen LogP contribution in [0.4, 0.5) is 0 Å². The van der Waals surface area contributed by atoms with Gasteiger partial charge < -0.3 is 5.32 Å². The Labute approximate surface area is 143 Å². The molecule has 1 aliphatic heterocycles. The molecule has 2 heterocycles. The van der Waals surface area contributed by atoms with E-state index in [0.29, 0.717) is 11.6 Å². The Morgan fingerprint density at radius 1 is 1.38 bits per heavy atom. The van der Waals surface area contributed by atoms with Crippen LogP contribution < -0.4 is 5.32 Å². The Morgan fingerprint density at radius 2 is 2.17 bits per heavy atom. The summed E-state index contributed by atoms with van der Waals surface area (Å²) in [5, 5.41) is 10.2. The molecule has 2 aromatic rings. The molecule has 1 amide bonds. The van der Waals surface area contributed by atoms with Crippen molar-refractivity contribution in [3.8, 4) is 0 Å². The molecule has 1 aromatic carbocycles. The van der Waals surface area contributed by atoms with Gasteiger partial charge in [0.25, 0.3) is 5.91 Å². The van der Waals surface area contributed by atoms with Crippen LogP contribution in [0.25, 0.3) is 0 Å². The van der Waals surface area contributed by atoms with Crippen LogP contribution in [0.15, 0.2) is 36.4 Å². The molecule has 0 spiro atoms.